The molecule has 3 rings (SSSR count). The highest BCUT2D eigenvalue weighted by molar-refractivity contribution is 9.10. The minimum atomic E-state index is -0.418. The molecule has 2 N–H and O–H groups in total. The van der Waals surface area contributed by atoms with Crippen molar-refractivity contribution in [1.29, 1.82) is 0 Å². The van der Waals surface area contributed by atoms with Crippen LogP contribution in [0.15, 0.2) is 58.2 Å². The Morgan fingerprint density at radius 2 is 1.71 bits per heavy atom. The Hall–Kier alpha value is -2.52. The van der Waals surface area contributed by atoms with Crippen LogP contribution in [-0.2, 0) is 11.4 Å². The number of thioether (sulfide) groups is 1. The molecule has 7 nitrogen and oxygen atoms in total. The van der Waals surface area contributed by atoms with E-state index in [4.69, 9.17) is 15.2 Å². The molecule has 0 aliphatic rings. The lowest BCUT2D eigenvalue weighted by Gasteiger charge is -2.12. The molecule has 146 valence electrons. The second-order valence-corrected chi connectivity index (χ2v) is 7.52. The van der Waals surface area contributed by atoms with Crippen LogP contribution in [0, 0.1) is 0 Å². The van der Waals surface area contributed by atoms with Gasteiger partial charge in [-0.1, -0.05) is 27.7 Å². The van der Waals surface area contributed by atoms with Gasteiger partial charge in [0.05, 0.1) is 12.4 Å². The molecule has 0 saturated heterocycles. The smallest absolute Gasteiger partial charge is 0.227 e. The first-order valence-electron chi connectivity index (χ1n) is 8.54. The van der Waals surface area contributed by atoms with Crippen molar-refractivity contribution in [3.63, 3.8) is 0 Å². The van der Waals surface area contributed by atoms with Crippen molar-refractivity contribution in [1.82, 2.24) is 14.8 Å². The first kappa shape index (κ1) is 20.2. The van der Waals surface area contributed by atoms with E-state index in [1.807, 2.05) is 60.0 Å². The highest BCUT2D eigenvalue weighted by Gasteiger charge is 2.16. The van der Waals surface area contributed by atoms with Gasteiger partial charge in [0, 0.05) is 10.2 Å². The van der Waals surface area contributed by atoms with Gasteiger partial charge < -0.3 is 15.2 Å². The Balaban J connectivity index is 1.86. The van der Waals surface area contributed by atoms with Gasteiger partial charge in [-0.05, 0) is 55.5 Å². The molecule has 0 saturated carbocycles. The van der Waals surface area contributed by atoms with E-state index >= 15 is 0 Å². The Morgan fingerprint density at radius 1 is 1.07 bits per heavy atom. The number of rotatable bonds is 9. The van der Waals surface area contributed by atoms with E-state index in [9.17, 15) is 4.79 Å². The number of nitrogens with two attached hydrogens (primary N) is 1. The summed E-state index contributed by atoms with van der Waals surface area (Å²) in [6.45, 7) is 2.75. The van der Waals surface area contributed by atoms with Crippen molar-refractivity contribution < 1.29 is 14.3 Å². The van der Waals surface area contributed by atoms with Crippen molar-refractivity contribution in [3.05, 3.63) is 58.8 Å². The number of ether oxygens (including phenoxy) is 2. The van der Waals surface area contributed by atoms with Crippen LogP contribution in [0.5, 0.6) is 11.5 Å². The lowest BCUT2D eigenvalue weighted by molar-refractivity contribution is -0.115. The molecule has 0 fully saturated rings. The molecule has 3 aromatic rings. The van der Waals surface area contributed by atoms with Gasteiger partial charge in [-0.3, -0.25) is 9.36 Å². The standard InChI is InChI=1S/C19H19BrN4O3S/c1-2-26-15-9-5-14(6-10-15)24-18(22-23-19(24)28-12-17(21)25)11-27-16-7-3-13(20)4-8-16/h3-10H,2,11-12H2,1H3,(H2,21,25). The van der Waals surface area contributed by atoms with Crippen LogP contribution in [0.4, 0.5) is 0 Å². The van der Waals surface area contributed by atoms with Crippen LogP contribution < -0.4 is 15.2 Å². The monoisotopic (exact) mass is 462 g/mol. The Labute approximate surface area is 175 Å². The van der Waals surface area contributed by atoms with Crippen LogP contribution in [-0.4, -0.2) is 33.0 Å². The van der Waals surface area contributed by atoms with E-state index in [-0.39, 0.29) is 12.4 Å². The lowest BCUT2D eigenvalue weighted by atomic mass is 10.3. The quantitative estimate of drug-likeness (QED) is 0.488. The van der Waals surface area contributed by atoms with Gasteiger partial charge in [0.2, 0.25) is 5.91 Å². The molecule has 1 heterocycles. The third kappa shape index (κ3) is 5.26. The molecule has 9 heteroatoms. The molecule has 1 amide bonds. The summed E-state index contributed by atoms with van der Waals surface area (Å²) < 4.78 is 14.2. The second-order valence-electron chi connectivity index (χ2n) is 5.66. The van der Waals surface area contributed by atoms with Crippen LogP contribution in [0.25, 0.3) is 5.69 Å². The number of aromatic nitrogens is 3. The minimum absolute atomic E-state index is 0.114. The summed E-state index contributed by atoms with van der Waals surface area (Å²) in [4.78, 5) is 11.2. The van der Waals surface area contributed by atoms with E-state index in [1.165, 1.54) is 11.8 Å². The number of hydrogen-bond donors (Lipinski definition) is 1. The number of benzene rings is 2. The number of carbonyl (C=O) groups is 1. The van der Waals surface area contributed by atoms with Gasteiger partial charge in [0.25, 0.3) is 0 Å². The molecule has 0 spiro atoms. The van der Waals surface area contributed by atoms with Gasteiger partial charge in [0.15, 0.2) is 11.0 Å². The minimum Gasteiger partial charge on any atom is -0.494 e. The largest absolute Gasteiger partial charge is 0.494 e. The number of primary amides is 1. The Kier molecular flexibility index (Phi) is 6.94. The summed E-state index contributed by atoms with van der Waals surface area (Å²) in [7, 11) is 0. The summed E-state index contributed by atoms with van der Waals surface area (Å²) in [5.41, 5.74) is 6.12. The zero-order chi connectivity index (χ0) is 19.9. The molecule has 0 aliphatic heterocycles. The highest BCUT2D eigenvalue weighted by atomic mass is 79.9. The zero-order valence-corrected chi connectivity index (χ0v) is 17.6. The van der Waals surface area contributed by atoms with E-state index in [1.54, 1.807) is 0 Å². The average molecular weight is 463 g/mol. The molecule has 0 aliphatic carbocycles. The fourth-order valence-corrected chi connectivity index (χ4v) is 3.39. The average Bonchev–Trinajstić information content (AvgIpc) is 3.10. The van der Waals surface area contributed by atoms with Crippen molar-refractivity contribution in [2.24, 2.45) is 5.73 Å². The fourth-order valence-electron chi connectivity index (χ4n) is 2.42. The van der Waals surface area contributed by atoms with E-state index < -0.39 is 5.91 Å². The van der Waals surface area contributed by atoms with Crippen LogP contribution in [0.2, 0.25) is 0 Å². The summed E-state index contributed by atoms with van der Waals surface area (Å²) in [5, 5.41) is 9.00. The third-order valence-corrected chi connectivity index (χ3v) is 5.11. The lowest BCUT2D eigenvalue weighted by Crippen LogP contribution is -2.14. The van der Waals surface area contributed by atoms with Gasteiger partial charge in [-0.15, -0.1) is 10.2 Å². The summed E-state index contributed by atoms with van der Waals surface area (Å²) >= 11 is 4.63. The fraction of sp³-hybridized carbons (Fsp3) is 0.211. The van der Waals surface area contributed by atoms with Gasteiger partial charge in [-0.2, -0.15) is 0 Å². The molecule has 0 bridgehead atoms. The molecule has 1 aromatic heterocycles. The predicted octanol–water partition coefficient (Wildman–Crippen LogP) is 3.58. The Morgan fingerprint density at radius 3 is 2.36 bits per heavy atom. The van der Waals surface area contributed by atoms with E-state index in [0.29, 0.717) is 17.6 Å². The van der Waals surface area contributed by atoms with Gasteiger partial charge >= 0.3 is 0 Å². The number of carbonyl (C=O) groups excluding carboxylic acids is 1. The number of amides is 1. The van der Waals surface area contributed by atoms with Crippen molar-refractivity contribution >= 4 is 33.6 Å². The molecule has 28 heavy (non-hydrogen) atoms. The number of hydrogen-bond acceptors (Lipinski definition) is 6. The predicted molar refractivity (Wildman–Crippen MR) is 111 cm³/mol. The number of halogens is 1. The maximum Gasteiger partial charge on any atom is 0.227 e. The van der Waals surface area contributed by atoms with Crippen molar-refractivity contribution in [3.8, 4) is 17.2 Å². The van der Waals surface area contributed by atoms with Crippen LogP contribution in [0.3, 0.4) is 0 Å². The first-order chi connectivity index (χ1) is 13.6. The summed E-state index contributed by atoms with van der Waals surface area (Å²) in [6, 6.07) is 15.1. The molecule has 2 aromatic carbocycles. The molecule has 0 radical (unpaired) electrons. The third-order valence-electron chi connectivity index (χ3n) is 3.63. The van der Waals surface area contributed by atoms with Crippen LogP contribution >= 0.6 is 27.7 Å². The van der Waals surface area contributed by atoms with Crippen molar-refractivity contribution in [2.75, 3.05) is 12.4 Å². The SMILES string of the molecule is CCOc1ccc(-n2c(COc3ccc(Br)cc3)nnc2SCC(N)=O)cc1. The maximum atomic E-state index is 11.2. The van der Waals surface area contributed by atoms with E-state index in [2.05, 4.69) is 26.1 Å². The summed E-state index contributed by atoms with van der Waals surface area (Å²) in [5.74, 6) is 1.80. The van der Waals surface area contributed by atoms with Crippen molar-refractivity contribution in [2.45, 2.75) is 18.7 Å². The maximum absolute atomic E-state index is 11.2. The zero-order valence-electron chi connectivity index (χ0n) is 15.2. The molecular formula is C19H19BrN4O3S. The van der Waals surface area contributed by atoms with Gasteiger partial charge in [-0.25, -0.2) is 0 Å². The van der Waals surface area contributed by atoms with Gasteiger partial charge in [0.1, 0.15) is 18.1 Å². The topological polar surface area (TPSA) is 92.3 Å². The highest BCUT2D eigenvalue weighted by Crippen LogP contribution is 2.25. The normalized spacial score (nSPS) is 10.6. The number of nitrogens with zero attached hydrogens (tertiary/aromatic N) is 3. The van der Waals surface area contributed by atoms with Crippen LogP contribution in [0.1, 0.15) is 12.7 Å². The molecular weight excluding hydrogens is 444 g/mol. The Bertz CT molecular complexity index is 929. The first-order valence-corrected chi connectivity index (χ1v) is 10.3. The molecule has 0 unspecified atom stereocenters. The second kappa shape index (κ2) is 9.61. The molecule has 0 atom stereocenters. The van der Waals surface area contributed by atoms with E-state index in [0.717, 1.165) is 21.7 Å². The summed E-state index contributed by atoms with van der Waals surface area (Å²) in [6.07, 6.45) is 0.